The molecule has 0 saturated heterocycles. The van der Waals surface area contributed by atoms with Crippen LogP contribution in [0.5, 0.6) is 0 Å². The first kappa shape index (κ1) is 15.9. The van der Waals surface area contributed by atoms with Crippen LogP contribution < -0.4 is 5.73 Å². The van der Waals surface area contributed by atoms with Crippen molar-refractivity contribution in [2.24, 2.45) is 0 Å². The summed E-state index contributed by atoms with van der Waals surface area (Å²) in [5.41, 5.74) is 6.74. The fourth-order valence-corrected chi connectivity index (χ4v) is 3.86. The number of rotatable bonds is 2. The number of anilines is 1. The zero-order valence-corrected chi connectivity index (χ0v) is 15.0. The Hall–Kier alpha value is -0.430. The Balaban J connectivity index is 2.54. The lowest BCUT2D eigenvalue weighted by Crippen LogP contribution is -2.35. The third-order valence-electron chi connectivity index (χ3n) is 4.05. The minimum absolute atomic E-state index is 0.0497. The molecule has 2 N–H and O–H groups in total. The molecule has 112 valence electrons. The van der Waals surface area contributed by atoms with Crippen molar-refractivity contribution in [3.8, 4) is 0 Å². The number of nitrogens with zero attached hydrogens (tertiary/aromatic N) is 2. The molecule has 0 aliphatic heterocycles. The van der Waals surface area contributed by atoms with E-state index in [1.165, 1.54) is 6.42 Å². The van der Waals surface area contributed by atoms with Gasteiger partial charge in [-0.1, -0.05) is 40.0 Å². The minimum atomic E-state index is -0.350. The lowest BCUT2D eigenvalue weighted by molar-refractivity contribution is -0.0516. The number of ether oxygens (including phenoxy) is 1. The second-order valence-corrected chi connectivity index (χ2v) is 7.68. The molecule has 1 saturated carbocycles. The highest BCUT2D eigenvalue weighted by molar-refractivity contribution is 14.1. The van der Waals surface area contributed by atoms with Crippen LogP contribution in [0.4, 0.5) is 5.82 Å². The molecule has 0 spiro atoms. The van der Waals surface area contributed by atoms with Crippen LogP contribution in [0.2, 0.25) is 0 Å². The van der Waals surface area contributed by atoms with Gasteiger partial charge in [0.1, 0.15) is 11.4 Å². The molecule has 0 bridgehead atoms. The summed E-state index contributed by atoms with van der Waals surface area (Å²) in [6, 6.07) is 0. The molecule has 0 aromatic carbocycles. The molecule has 1 aliphatic carbocycles. The molecular weight excluding hydrogens is 365 g/mol. The van der Waals surface area contributed by atoms with Crippen LogP contribution in [0.1, 0.15) is 64.4 Å². The Morgan fingerprint density at radius 1 is 1.15 bits per heavy atom. The first-order valence-corrected chi connectivity index (χ1v) is 8.27. The van der Waals surface area contributed by atoms with Crippen LogP contribution in [-0.4, -0.2) is 17.1 Å². The summed E-state index contributed by atoms with van der Waals surface area (Å²) < 4.78 is 6.80. The van der Waals surface area contributed by atoms with Gasteiger partial charge in [0.05, 0.1) is 9.26 Å². The van der Waals surface area contributed by atoms with Gasteiger partial charge in [-0.15, -0.1) is 0 Å². The SMILES string of the molecule is COC1(c2nc(N)c(I)c(C(C)(C)C)n2)CCCCC1. The molecule has 4 nitrogen and oxygen atoms in total. The largest absolute Gasteiger partial charge is 0.383 e. The van der Waals surface area contributed by atoms with Gasteiger partial charge in [0.15, 0.2) is 5.82 Å². The molecule has 1 aromatic rings. The second kappa shape index (κ2) is 5.75. The Labute approximate surface area is 135 Å². The number of nitrogens with two attached hydrogens (primary N) is 1. The van der Waals surface area contributed by atoms with Crippen LogP contribution in [0.3, 0.4) is 0 Å². The predicted octanol–water partition coefficient (Wildman–Crippen LogP) is 3.77. The summed E-state index contributed by atoms with van der Waals surface area (Å²) in [5.74, 6) is 1.34. The van der Waals surface area contributed by atoms with Crippen molar-refractivity contribution in [1.29, 1.82) is 0 Å². The van der Waals surface area contributed by atoms with Crippen molar-refractivity contribution in [2.45, 2.75) is 63.9 Å². The van der Waals surface area contributed by atoms with E-state index in [1.807, 2.05) is 0 Å². The molecule has 20 heavy (non-hydrogen) atoms. The number of nitrogen functional groups attached to an aromatic ring is 1. The van der Waals surface area contributed by atoms with Crippen molar-refractivity contribution >= 4 is 28.4 Å². The van der Waals surface area contributed by atoms with Gasteiger partial charge in [-0.2, -0.15) is 0 Å². The monoisotopic (exact) mass is 389 g/mol. The maximum Gasteiger partial charge on any atom is 0.162 e. The number of halogens is 1. The summed E-state index contributed by atoms with van der Waals surface area (Å²) in [5, 5.41) is 0. The molecule has 0 unspecified atom stereocenters. The smallest absolute Gasteiger partial charge is 0.162 e. The van der Waals surface area contributed by atoms with Gasteiger partial charge in [0, 0.05) is 12.5 Å². The predicted molar refractivity (Wildman–Crippen MR) is 89.6 cm³/mol. The molecule has 1 aliphatic rings. The van der Waals surface area contributed by atoms with E-state index >= 15 is 0 Å². The van der Waals surface area contributed by atoms with Crippen LogP contribution in [0.25, 0.3) is 0 Å². The van der Waals surface area contributed by atoms with Gasteiger partial charge in [-0.3, -0.25) is 0 Å². The normalized spacial score (nSPS) is 19.1. The highest BCUT2D eigenvalue weighted by Crippen LogP contribution is 2.40. The van der Waals surface area contributed by atoms with Crippen molar-refractivity contribution < 1.29 is 4.74 Å². The van der Waals surface area contributed by atoms with Crippen molar-refractivity contribution in [3.63, 3.8) is 0 Å². The molecule has 2 rings (SSSR count). The Morgan fingerprint density at radius 2 is 1.75 bits per heavy atom. The zero-order valence-electron chi connectivity index (χ0n) is 12.8. The van der Waals surface area contributed by atoms with E-state index in [0.29, 0.717) is 5.82 Å². The van der Waals surface area contributed by atoms with Crippen molar-refractivity contribution in [3.05, 3.63) is 15.1 Å². The number of hydrogen-bond acceptors (Lipinski definition) is 4. The van der Waals surface area contributed by atoms with Gasteiger partial charge < -0.3 is 10.5 Å². The molecule has 1 fully saturated rings. The van der Waals surface area contributed by atoms with Gasteiger partial charge in [0.2, 0.25) is 0 Å². The van der Waals surface area contributed by atoms with Crippen LogP contribution >= 0.6 is 22.6 Å². The van der Waals surface area contributed by atoms with E-state index in [-0.39, 0.29) is 11.0 Å². The number of aromatic nitrogens is 2. The highest BCUT2D eigenvalue weighted by atomic mass is 127. The highest BCUT2D eigenvalue weighted by Gasteiger charge is 2.38. The summed E-state index contributed by atoms with van der Waals surface area (Å²) in [6.45, 7) is 6.46. The first-order chi connectivity index (χ1) is 9.30. The van der Waals surface area contributed by atoms with Gasteiger partial charge in [-0.25, -0.2) is 9.97 Å². The molecule has 0 radical (unpaired) electrons. The average Bonchev–Trinajstić information content (AvgIpc) is 2.41. The Morgan fingerprint density at radius 3 is 2.25 bits per heavy atom. The fraction of sp³-hybridized carbons (Fsp3) is 0.733. The van der Waals surface area contributed by atoms with Crippen molar-refractivity contribution in [2.75, 3.05) is 12.8 Å². The second-order valence-electron chi connectivity index (χ2n) is 6.60. The lowest BCUT2D eigenvalue weighted by atomic mass is 9.83. The van der Waals surface area contributed by atoms with E-state index in [9.17, 15) is 0 Å². The molecular formula is C15H24IN3O. The summed E-state index contributed by atoms with van der Waals surface area (Å²) in [4.78, 5) is 9.40. The van der Waals surface area contributed by atoms with E-state index in [2.05, 4.69) is 48.3 Å². The number of methoxy groups -OCH3 is 1. The van der Waals surface area contributed by atoms with E-state index < -0.39 is 0 Å². The van der Waals surface area contributed by atoms with Gasteiger partial charge >= 0.3 is 0 Å². The molecule has 0 amide bonds. The third kappa shape index (κ3) is 2.93. The third-order valence-corrected chi connectivity index (χ3v) is 5.11. The van der Waals surface area contributed by atoms with E-state index in [4.69, 9.17) is 15.5 Å². The Kier molecular flexibility index (Phi) is 4.59. The summed E-state index contributed by atoms with van der Waals surface area (Å²) >= 11 is 2.24. The molecule has 1 aromatic heterocycles. The fourth-order valence-electron chi connectivity index (χ4n) is 2.81. The van der Waals surface area contributed by atoms with Crippen molar-refractivity contribution in [1.82, 2.24) is 9.97 Å². The van der Waals surface area contributed by atoms with Crippen LogP contribution in [-0.2, 0) is 15.8 Å². The van der Waals surface area contributed by atoms with Crippen LogP contribution in [0.15, 0.2) is 0 Å². The first-order valence-electron chi connectivity index (χ1n) is 7.19. The zero-order chi connectivity index (χ0) is 15.0. The molecule has 1 heterocycles. The summed E-state index contributed by atoms with van der Waals surface area (Å²) in [7, 11) is 1.76. The standard InChI is InChI=1S/C15H24IN3O/c1-14(2,3)11-10(16)12(17)19-13(18-11)15(20-4)8-6-5-7-9-15/h5-9H2,1-4H3,(H2,17,18,19). The maximum atomic E-state index is 6.12. The van der Waals surface area contributed by atoms with Gasteiger partial charge in [0.25, 0.3) is 0 Å². The topological polar surface area (TPSA) is 61.0 Å². The van der Waals surface area contributed by atoms with Gasteiger partial charge in [-0.05, 0) is 35.4 Å². The quantitative estimate of drug-likeness (QED) is 0.783. The average molecular weight is 389 g/mol. The Bertz CT molecular complexity index is 491. The minimum Gasteiger partial charge on any atom is -0.383 e. The lowest BCUT2D eigenvalue weighted by Gasteiger charge is -2.35. The summed E-state index contributed by atoms with van der Waals surface area (Å²) in [6.07, 6.45) is 5.54. The molecule has 5 heteroatoms. The maximum absolute atomic E-state index is 6.12. The molecule has 0 atom stereocenters. The van der Waals surface area contributed by atoms with Crippen LogP contribution in [0, 0.1) is 3.57 Å². The number of hydrogen-bond donors (Lipinski definition) is 1. The van der Waals surface area contributed by atoms with E-state index in [0.717, 1.165) is 40.8 Å². The van der Waals surface area contributed by atoms with E-state index in [1.54, 1.807) is 7.11 Å².